The van der Waals surface area contributed by atoms with E-state index in [9.17, 15) is 9.59 Å². The number of hydrogen-bond donors (Lipinski definition) is 1. The van der Waals surface area contributed by atoms with E-state index >= 15 is 0 Å². The van der Waals surface area contributed by atoms with Crippen molar-refractivity contribution in [2.24, 2.45) is 0 Å². The number of amides is 2. The van der Waals surface area contributed by atoms with Crippen LogP contribution in [0, 0.1) is 6.92 Å². The normalized spacial score (nSPS) is 13.9. The van der Waals surface area contributed by atoms with Gasteiger partial charge in [-0.3, -0.25) is 4.79 Å². The summed E-state index contributed by atoms with van der Waals surface area (Å²) in [4.78, 5) is 27.8. The molecule has 0 atom stereocenters. The van der Waals surface area contributed by atoms with Crippen molar-refractivity contribution in [2.75, 3.05) is 37.7 Å². The van der Waals surface area contributed by atoms with Gasteiger partial charge in [0.1, 0.15) is 0 Å². The van der Waals surface area contributed by atoms with Gasteiger partial charge in [0.25, 0.3) is 5.91 Å². The zero-order valence-electron chi connectivity index (χ0n) is 16.2. The molecule has 2 heterocycles. The van der Waals surface area contributed by atoms with Gasteiger partial charge in [-0.15, -0.1) is 10.2 Å². The molecule has 1 aromatic carbocycles. The number of aryl methyl sites for hydroxylation is 1. The zero-order valence-corrected chi connectivity index (χ0v) is 16.2. The summed E-state index contributed by atoms with van der Waals surface area (Å²) in [6, 6.07) is 11.4. The van der Waals surface area contributed by atoms with E-state index in [1.807, 2.05) is 36.1 Å². The molecule has 0 spiro atoms. The molecule has 2 amide bonds. The molecule has 0 aliphatic carbocycles. The minimum Gasteiger partial charge on any atom is -0.450 e. The quantitative estimate of drug-likeness (QED) is 0.850. The summed E-state index contributed by atoms with van der Waals surface area (Å²) in [7, 11) is 0. The highest BCUT2D eigenvalue weighted by Gasteiger charge is 2.23. The van der Waals surface area contributed by atoms with Gasteiger partial charge in [-0.2, -0.15) is 0 Å². The molecule has 1 aliphatic rings. The molecular weight excluding hydrogens is 358 g/mol. The first-order chi connectivity index (χ1) is 13.6. The number of rotatable bonds is 5. The van der Waals surface area contributed by atoms with Gasteiger partial charge in [0.15, 0.2) is 11.5 Å². The first-order valence-corrected chi connectivity index (χ1v) is 9.41. The average Bonchev–Trinajstić information content (AvgIpc) is 2.72. The molecule has 8 heteroatoms. The highest BCUT2D eigenvalue weighted by Crippen LogP contribution is 2.13. The zero-order chi connectivity index (χ0) is 19.9. The van der Waals surface area contributed by atoms with Crippen molar-refractivity contribution in [1.29, 1.82) is 0 Å². The van der Waals surface area contributed by atoms with E-state index in [0.29, 0.717) is 45.1 Å². The molecule has 148 valence electrons. The molecule has 1 fully saturated rings. The predicted molar refractivity (Wildman–Crippen MR) is 105 cm³/mol. The monoisotopic (exact) mass is 383 g/mol. The Morgan fingerprint density at radius 1 is 1.11 bits per heavy atom. The van der Waals surface area contributed by atoms with Gasteiger partial charge < -0.3 is 19.9 Å². The van der Waals surface area contributed by atoms with Crippen LogP contribution in [0.5, 0.6) is 0 Å². The molecule has 1 saturated heterocycles. The van der Waals surface area contributed by atoms with E-state index in [1.165, 1.54) is 0 Å². The van der Waals surface area contributed by atoms with Crippen molar-refractivity contribution in [3.05, 3.63) is 53.2 Å². The van der Waals surface area contributed by atoms with Gasteiger partial charge in [0, 0.05) is 32.7 Å². The van der Waals surface area contributed by atoms with Crippen LogP contribution in [-0.4, -0.2) is 59.9 Å². The van der Waals surface area contributed by atoms with Crippen LogP contribution in [0.4, 0.5) is 10.6 Å². The summed E-state index contributed by atoms with van der Waals surface area (Å²) in [5, 5.41) is 11.1. The largest absolute Gasteiger partial charge is 0.450 e. The summed E-state index contributed by atoms with van der Waals surface area (Å²) in [6.45, 7) is 7.05. The second-order valence-corrected chi connectivity index (χ2v) is 6.62. The second kappa shape index (κ2) is 9.16. The standard InChI is InChI=1S/C20H25N5O3/c1-3-28-20(27)25-11-9-24(10-12-25)18-8-7-17(22-23-18)19(26)21-14-16-6-4-5-15(2)13-16/h4-8,13H,3,9-12,14H2,1-2H3,(H,21,26). The van der Waals surface area contributed by atoms with E-state index in [0.717, 1.165) is 11.1 Å². The van der Waals surface area contributed by atoms with Crippen LogP contribution in [0.3, 0.4) is 0 Å². The molecule has 0 unspecified atom stereocenters. The van der Waals surface area contributed by atoms with Gasteiger partial charge in [-0.1, -0.05) is 29.8 Å². The number of piperazine rings is 1. The van der Waals surface area contributed by atoms with Crippen molar-refractivity contribution < 1.29 is 14.3 Å². The number of ether oxygens (including phenoxy) is 1. The summed E-state index contributed by atoms with van der Waals surface area (Å²) >= 11 is 0. The Bertz CT molecular complexity index is 817. The molecular formula is C20H25N5O3. The van der Waals surface area contributed by atoms with Crippen molar-refractivity contribution in [1.82, 2.24) is 20.4 Å². The predicted octanol–water partition coefficient (Wildman–Crippen LogP) is 1.99. The first-order valence-electron chi connectivity index (χ1n) is 9.41. The fourth-order valence-electron chi connectivity index (χ4n) is 3.04. The maximum atomic E-state index is 12.3. The highest BCUT2D eigenvalue weighted by molar-refractivity contribution is 5.92. The lowest BCUT2D eigenvalue weighted by atomic mass is 10.1. The van der Waals surface area contributed by atoms with Crippen LogP contribution in [0.1, 0.15) is 28.5 Å². The molecule has 0 bridgehead atoms. The summed E-state index contributed by atoms with van der Waals surface area (Å²) in [5.74, 6) is 0.437. The third-order valence-electron chi connectivity index (χ3n) is 4.55. The fourth-order valence-corrected chi connectivity index (χ4v) is 3.04. The highest BCUT2D eigenvalue weighted by atomic mass is 16.6. The number of aromatic nitrogens is 2. The van der Waals surface area contributed by atoms with Crippen molar-refractivity contribution >= 4 is 17.8 Å². The van der Waals surface area contributed by atoms with Crippen LogP contribution >= 0.6 is 0 Å². The third-order valence-corrected chi connectivity index (χ3v) is 4.55. The Morgan fingerprint density at radius 3 is 2.54 bits per heavy atom. The first kappa shape index (κ1) is 19.6. The topological polar surface area (TPSA) is 87.7 Å². The molecule has 0 saturated carbocycles. The Morgan fingerprint density at radius 2 is 1.89 bits per heavy atom. The van der Waals surface area contributed by atoms with Crippen LogP contribution < -0.4 is 10.2 Å². The lowest BCUT2D eigenvalue weighted by Gasteiger charge is -2.34. The minimum absolute atomic E-state index is 0.257. The number of carbonyl (C=O) groups is 2. The van der Waals surface area contributed by atoms with Gasteiger partial charge in [-0.05, 0) is 31.5 Å². The summed E-state index contributed by atoms with van der Waals surface area (Å²) < 4.78 is 5.02. The fraction of sp³-hybridized carbons (Fsp3) is 0.400. The van der Waals surface area contributed by atoms with Gasteiger partial charge >= 0.3 is 6.09 Å². The number of carbonyl (C=O) groups excluding carboxylic acids is 2. The summed E-state index contributed by atoms with van der Waals surface area (Å²) in [5.41, 5.74) is 2.47. The Labute approximate surface area is 164 Å². The van der Waals surface area contributed by atoms with Crippen molar-refractivity contribution in [3.63, 3.8) is 0 Å². The van der Waals surface area contributed by atoms with E-state index in [4.69, 9.17) is 4.74 Å². The lowest BCUT2D eigenvalue weighted by molar-refractivity contribution is 0.0944. The van der Waals surface area contributed by atoms with Crippen molar-refractivity contribution in [2.45, 2.75) is 20.4 Å². The lowest BCUT2D eigenvalue weighted by Crippen LogP contribution is -2.49. The molecule has 0 radical (unpaired) electrons. The Kier molecular flexibility index (Phi) is 6.41. The van der Waals surface area contributed by atoms with Gasteiger partial charge in [0.05, 0.1) is 6.61 Å². The van der Waals surface area contributed by atoms with Crippen LogP contribution in [0.2, 0.25) is 0 Å². The third kappa shape index (κ3) is 4.97. The minimum atomic E-state index is -0.283. The van der Waals surface area contributed by atoms with E-state index < -0.39 is 0 Å². The average molecular weight is 383 g/mol. The molecule has 2 aromatic rings. The van der Waals surface area contributed by atoms with Gasteiger partial charge in [0.2, 0.25) is 0 Å². The number of nitrogens with zero attached hydrogens (tertiary/aromatic N) is 4. The molecule has 1 N–H and O–H groups in total. The molecule has 28 heavy (non-hydrogen) atoms. The van der Waals surface area contributed by atoms with Crippen molar-refractivity contribution in [3.8, 4) is 0 Å². The smallest absolute Gasteiger partial charge is 0.409 e. The van der Waals surface area contributed by atoms with Crippen LogP contribution in [-0.2, 0) is 11.3 Å². The number of nitrogens with one attached hydrogen (secondary N) is 1. The Balaban J connectivity index is 1.52. The number of hydrogen-bond acceptors (Lipinski definition) is 6. The molecule has 8 nitrogen and oxygen atoms in total. The maximum Gasteiger partial charge on any atom is 0.409 e. The second-order valence-electron chi connectivity index (χ2n) is 6.62. The van der Waals surface area contributed by atoms with E-state index in [-0.39, 0.29) is 17.7 Å². The van der Waals surface area contributed by atoms with E-state index in [2.05, 4.69) is 15.5 Å². The number of anilines is 1. The summed E-state index contributed by atoms with van der Waals surface area (Å²) in [6.07, 6.45) is -0.283. The number of benzene rings is 1. The SMILES string of the molecule is CCOC(=O)N1CCN(c2ccc(C(=O)NCc3cccc(C)c3)nn2)CC1. The van der Waals surface area contributed by atoms with Crippen LogP contribution in [0.15, 0.2) is 36.4 Å². The van der Waals surface area contributed by atoms with E-state index in [1.54, 1.807) is 24.0 Å². The molecule has 1 aliphatic heterocycles. The Hall–Kier alpha value is -3.16. The van der Waals surface area contributed by atoms with Gasteiger partial charge in [-0.25, -0.2) is 4.79 Å². The molecule has 3 rings (SSSR count). The van der Waals surface area contributed by atoms with Crippen LogP contribution in [0.25, 0.3) is 0 Å². The molecule has 1 aromatic heterocycles. The maximum absolute atomic E-state index is 12.3.